The molecular weight excluding hydrogens is 571 g/mol. The van der Waals surface area contributed by atoms with E-state index in [0.717, 1.165) is 11.0 Å². The lowest BCUT2D eigenvalue weighted by atomic mass is 10.1. The van der Waals surface area contributed by atoms with E-state index in [2.05, 4.69) is 5.32 Å². The third-order valence-electron chi connectivity index (χ3n) is 5.79. The SMILES string of the molecule is CN(C(=O)c1cc(NC(=O)[C@H]2[C@H](c3cc(Cl)cc(Cl)c3)C2(Cl)Cl)ccc1Cl)c1ccc(C#N)cc1F. The normalized spacial score (nSPS) is 17.7. The number of nitrogens with zero attached hydrogens (tertiary/aromatic N) is 2. The van der Waals surface area contributed by atoms with E-state index in [0.29, 0.717) is 15.6 Å². The number of hydrogen-bond acceptors (Lipinski definition) is 3. The van der Waals surface area contributed by atoms with Crippen LogP contribution >= 0.6 is 58.0 Å². The zero-order valence-corrected chi connectivity index (χ0v) is 22.1. The molecule has 0 saturated heterocycles. The van der Waals surface area contributed by atoms with Crippen molar-refractivity contribution in [2.75, 3.05) is 17.3 Å². The first-order chi connectivity index (χ1) is 16.9. The van der Waals surface area contributed by atoms with E-state index in [4.69, 9.17) is 63.3 Å². The number of halogens is 6. The summed E-state index contributed by atoms with van der Waals surface area (Å²) < 4.78 is 13.1. The van der Waals surface area contributed by atoms with Crippen molar-refractivity contribution in [2.24, 2.45) is 5.92 Å². The number of anilines is 2. The second-order valence-corrected chi connectivity index (χ2v) is 10.9. The van der Waals surface area contributed by atoms with Gasteiger partial charge in [-0.3, -0.25) is 9.59 Å². The van der Waals surface area contributed by atoms with Gasteiger partial charge in [0.25, 0.3) is 5.91 Å². The standard InChI is InChI=1S/C25H15Cl5FN3O2/c1-34(20-5-2-12(11-32)6-19(20)31)24(36)17-10-16(3-4-18(17)28)33-23(35)22-21(25(22,29)30)13-7-14(26)9-15(27)8-13/h2-10,21-22H,1H3,(H,33,35)/t21-,22+/m0/s1. The highest BCUT2D eigenvalue weighted by Gasteiger charge is 2.67. The van der Waals surface area contributed by atoms with Gasteiger partial charge in [0.2, 0.25) is 5.91 Å². The van der Waals surface area contributed by atoms with Crippen molar-refractivity contribution in [3.8, 4) is 6.07 Å². The van der Waals surface area contributed by atoms with E-state index in [-0.39, 0.29) is 27.5 Å². The van der Waals surface area contributed by atoms with Crippen LogP contribution in [0.25, 0.3) is 0 Å². The molecule has 0 aliphatic heterocycles. The monoisotopic (exact) mass is 583 g/mol. The summed E-state index contributed by atoms with van der Waals surface area (Å²) in [6, 6.07) is 14.7. The van der Waals surface area contributed by atoms with Crippen molar-refractivity contribution in [3.63, 3.8) is 0 Å². The topological polar surface area (TPSA) is 73.2 Å². The Balaban J connectivity index is 1.55. The van der Waals surface area contributed by atoms with E-state index in [1.54, 1.807) is 18.2 Å². The molecule has 2 amide bonds. The number of amides is 2. The van der Waals surface area contributed by atoms with Gasteiger partial charge >= 0.3 is 0 Å². The van der Waals surface area contributed by atoms with Crippen molar-refractivity contribution in [1.29, 1.82) is 5.26 Å². The Bertz CT molecular complexity index is 1420. The lowest BCUT2D eigenvalue weighted by molar-refractivity contribution is -0.117. The minimum Gasteiger partial charge on any atom is -0.326 e. The minimum absolute atomic E-state index is 0.0257. The smallest absolute Gasteiger partial charge is 0.259 e. The second kappa shape index (κ2) is 10.1. The molecule has 184 valence electrons. The molecule has 11 heteroatoms. The minimum atomic E-state index is -1.38. The first-order valence-electron chi connectivity index (χ1n) is 10.4. The maximum atomic E-state index is 14.4. The third-order valence-corrected chi connectivity index (χ3v) is 7.49. The molecule has 5 nitrogen and oxygen atoms in total. The van der Waals surface area contributed by atoms with Crippen LogP contribution in [-0.2, 0) is 4.79 Å². The van der Waals surface area contributed by atoms with Crippen LogP contribution in [0.5, 0.6) is 0 Å². The fraction of sp³-hybridized carbons (Fsp3) is 0.160. The summed E-state index contributed by atoms with van der Waals surface area (Å²) >= 11 is 31.2. The molecule has 36 heavy (non-hydrogen) atoms. The summed E-state index contributed by atoms with van der Waals surface area (Å²) in [5.41, 5.74) is 0.987. The molecule has 4 rings (SSSR count). The number of rotatable bonds is 5. The Morgan fingerprint density at radius 3 is 2.31 bits per heavy atom. The fourth-order valence-corrected chi connectivity index (χ4v) is 5.52. The largest absolute Gasteiger partial charge is 0.326 e. The van der Waals surface area contributed by atoms with Crippen molar-refractivity contribution in [1.82, 2.24) is 0 Å². The molecule has 1 N–H and O–H groups in total. The van der Waals surface area contributed by atoms with E-state index in [9.17, 15) is 14.0 Å². The molecule has 1 aliphatic carbocycles. The van der Waals surface area contributed by atoms with Crippen molar-refractivity contribution < 1.29 is 14.0 Å². The van der Waals surface area contributed by atoms with E-state index in [1.807, 2.05) is 6.07 Å². The van der Waals surface area contributed by atoms with Gasteiger partial charge in [0, 0.05) is 28.7 Å². The molecule has 1 fully saturated rings. The highest BCUT2D eigenvalue weighted by molar-refractivity contribution is 6.53. The van der Waals surface area contributed by atoms with Crippen LogP contribution in [0.15, 0.2) is 54.6 Å². The zero-order chi connectivity index (χ0) is 26.4. The molecule has 3 aromatic carbocycles. The number of nitriles is 1. The van der Waals surface area contributed by atoms with Gasteiger partial charge in [-0.15, -0.1) is 23.2 Å². The summed E-state index contributed by atoms with van der Waals surface area (Å²) in [5, 5.41) is 12.5. The van der Waals surface area contributed by atoms with Gasteiger partial charge in [0.1, 0.15) is 10.2 Å². The maximum absolute atomic E-state index is 14.4. The third kappa shape index (κ3) is 5.13. The molecule has 3 aromatic rings. The predicted molar refractivity (Wildman–Crippen MR) is 141 cm³/mol. The summed E-state index contributed by atoms with van der Waals surface area (Å²) in [4.78, 5) is 27.2. The second-order valence-electron chi connectivity index (χ2n) is 8.16. The Morgan fingerprint density at radius 2 is 1.69 bits per heavy atom. The van der Waals surface area contributed by atoms with Gasteiger partial charge in [0.15, 0.2) is 0 Å². The Morgan fingerprint density at radius 1 is 1.03 bits per heavy atom. The molecule has 0 unspecified atom stereocenters. The molecule has 0 aromatic heterocycles. The summed E-state index contributed by atoms with van der Waals surface area (Å²) in [6.45, 7) is 0. The molecule has 0 spiro atoms. The van der Waals surface area contributed by atoms with Gasteiger partial charge in [-0.25, -0.2) is 4.39 Å². The van der Waals surface area contributed by atoms with Gasteiger partial charge in [0.05, 0.1) is 33.8 Å². The Hall–Kier alpha value is -2.53. The highest BCUT2D eigenvalue weighted by Crippen LogP contribution is 2.65. The molecule has 1 aliphatic rings. The van der Waals surface area contributed by atoms with E-state index >= 15 is 0 Å². The first kappa shape index (κ1) is 26.5. The summed E-state index contributed by atoms with van der Waals surface area (Å²) in [6.07, 6.45) is 0. The van der Waals surface area contributed by atoms with Crippen LogP contribution < -0.4 is 10.2 Å². The van der Waals surface area contributed by atoms with Crippen LogP contribution in [0.2, 0.25) is 15.1 Å². The average molecular weight is 586 g/mol. The Labute approximate surface area is 231 Å². The number of hydrogen-bond donors (Lipinski definition) is 1. The molecule has 2 atom stereocenters. The molecular formula is C25H15Cl5FN3O2. The van der Waals surface area contributed by atoms with E-state index < -0.39 is 33.8 Å². The summed E-state index contributed by atoms with van der Waals surface area (Å²) in [5.74, 6) is -3.20. The van der Waals surface area contributed by atoms with Crippen LogP contribution in [0.1, 0.15) is 27.4 Å². The summed E-state index contributed by atoms with van der Waals surface area (Å²) in [7, 11) is 1.37. The van der Waals surface area contributed by atoms with Crippen LogP contribution in [0.3, 0.4) is 0 Å². The predicted octanol–water partition coefficient (Wildman–Crippen LogP) is 7.46. The maximum Gasteiger partial charge on any atom is 0.259 e. The lowest BCUT2D eigenvalue weighted by Gasteiger charge is -2.19. The van der Waals surface area contributed by atoms with Crippen LogP contribution in [-0.4, -0.2) is 23.2 Å². The zero-order valence-electron chi connectivity index (χ0n) is 18.3. The fourth-order valence-electron chi connectivity index (χ4n) is 3.95. The highest BCUT2D eigenvalue weighted by atomic mass is 35.5. The average Bonchev–Trinajstić information content (AvgIpc) is 3.40. The molecule has 1 saturated carbocycles. The van der Waals surface area contributed by atoms with Gasteiger partial charge in [-0.1, -0.05) is 34.8 Å². The van der Waals surface area contributed by atoms with Crippen LogP contribution in [0.4, 0.5) is 15.8 Å². The first-order valence-corrected chi connectivity index (χ1v) is 12.2. The molecule has 0 bridgehead atoms. The van der Waals surface area contributed by atoms with E-state index in [1.165, 1.54) is 37.4 Å². The number of alkyl halides is 2. The van der Waals surface area contributed by atoms with Gasteiger partial charge in [-0.05, 0) is 60.2 Å². The number of carbonyl (C=O) groups is 2. The van der Waals surface area contributed by atoms with Crippen molar-refractivity contribution in [2.45, 2.75) is 10.3 Å². The van der Waals surface area contributed by atoms with Gasteiger partial charge in [-0.2, -0.15) is 5.26 Å². The lowest BCUT2D eigenvalue weighted by Crippen LogP contribution is -2.27. The van der Waals surface area contributed by atoms with Crippen molar-refractivity contribution >= 4 is 81.2 Å². The van der Waals surface area contributed by atoms with Gasteiger partial charge < -0.3 is 10.2 Å². The molecule has 0 radical (unpaired) electrons. The van der Waals surface area contributed by atoms with Crippen LogP contribution in [0, 0.1) is 23.1 Å². The number of benzene rings is 3. The quantitative estimate of drug-likeness (QED) is 0.316. The number of carbonyl (C=O) groups excluding carboxylic acids is 2. The number of nitrogens with one attached hydrogen (secondary N) is 1. The van der Waals surface area contributed by atoms with Crippen molar-refractivity contribution in [3.05, 3.63) is 92.2 Å². The molecule has 0 heterocycles. The Kier molecular flexibility index (Phi) is 7.43.